The van der Waals surface area contributed by atoms with Crippen LogP contribution in [0, 0.1) is 0 Å². The molecule has 0 saturated heterocycles. The van der Waals surface area contributed by atoms with Crippen LogP contribution < -0.4 is 10.2 Å². The van der Waals surface area contributed by atoms with E-state index in [9.17, 15) is 4.79 Å². The quantitative estimate of drug-likeness (QED) is 0.280. The lowest BCUT2D eigenvalue weighted by atomic mass is 10.1. The Labute approximate surface area is 181 Å². The van der Waals surface area contributed by atoms with Crippen LogP contribution in [-0.4, -0.2) is 12.1 Å². The second-order valence-electron chi connectivity index (χ2n) is 6.26. The zero-order valence-electron chi connectivity index (χ0n) is 15.3. The van der Waals surface area contributed by atoms with E-state index in [-0.39, 0.29) is 5.91 Å². The average molecular weight is 465 g/mol. The number of benzene rings is 3. The molecule has 0 aliphatic carbocycles. The molecule has 4 aromatic rings. The molecule has 6 heteroatoms. The molecule has 0 aliphatic heterocycles. The number of ether oxygens (including phenoxy) is 1. The molecule has 29 heavy (non-hydrogen) atoms. The molecule has 1 heterocycles. The van der Waals surface area contributed by atoms with Crippen LogP contribution in [0.15, 0.2) is 87.8 Å². The molecule has 0 bridgehead atoms. The summed E-state index contributed by atoms with van der Waals surface area (Å²) in [5.74, 6) is 0.488. The summed E-state index contributed by atoms with van der Waals surface area (Å²) < 4.78 is 6.85. The number of nitrogens with one attached hydrogen (secondary N) is 1. The van der Waals surface area contributed by atoms with Gasteiger partial charge in [-0.3, -0.25) is 4.79 Å². The molecule has 4 nitrogen and oxygen atoms in total. The first kappa shape index (κ1) is 19.4. The van der Waals surface area contributed by atoms with Gasteiger partial charge in [0.05, 0.1) is 15.6 Å². The predicted molar refractivity (Wildman–Crippen MR) is 122 cm³/mol. The zero-order valence-corrected chi connectivity index (χ0v) is 17.7. The van der Waals surface area contributed by atoms with E-state index < -0.39 is 0 Å². The topological polar surface area (TPSA) is 50.7 Å². The minimum atomic E-state index is -0.226. The maximum atomic E-state index is 12.0. The number of thiophene rings is 1. The van der Waals surface area contributed by atoms with Crippen LogP contribution in [0.3, 0.4) is 0 Å². The number of nitrogens with zero attached hydrogens (tertiary/aromatic N) is 1. The van der Waals surface area contributed by atoms with Gasteiger partial charge in [-0.15, -0.1) is 11.3 Å². The van der Waals surface area contributed by atoms with Crippen molar-refractivity contribution in [1.29, 1.82) is 0 Å². The number of amides is 1. The van der Waals surface area contributed by atoms with Gasteiger partial charge in [-0.25, -0.2) is 5.43 Å². The summed E-state index contributed by atoms with van der Waals surface area (Å²) in [7, 11) is 0. The smallest absolute Gasteiger partial charge is 0.281 e. The monoisotopic (exact) mass is 464 g/mol. The summed E-state index contributed by atoms with van der Waals surface area (Å²) >= 11 is 4.96. The van der Waals surface area contributed by atoms with Gasteiger partial charge in [-0.05, 0) is 49.8 Å². The molecule has 0 atom stereocenters. The van der Waals surface area contributed by atoms with Gasteiger partial charge in [0, 0.05) is 5.56 Å². The fourth-order valence-corrected chi connectivity index (χ4v) is 4.03. The van der Waals surface area contributed by atoms with Crippen molar-refractivity contribution in [2.45, 2.75) is 6.61 Å². The van der Waals surface area contributed by atoms with Crippen molar-refractivity contribution in [2.75, 3.05) is 0 Å². The fourth-order valence-electron chi connectivity index (χ4n) is 2.94. The highest BCUT2D eigenvalue weighted by Crippen LogP contribution is 2.29. The molecule has 3 aromatic carbocycles. The number of carbonyl (C=O) groups excluding carboxylic acids is 1. The van der Waals surface area contributed by atoms with Crippen molar-refractivity contribution in [3.8, 4) is 5.75 Å². The number of halogens is 1. The van der Waals surface area contributed by atoms with E-state index in [2.05, 4.69) is 50.7 Å². The van der Waals surface area contributed by atoms with Crippen LogP contribution in [0.2, 0.25) is 0 Å². The predicted octanol–water partition coefficient (Wildman–Crippen LogP) is 6.01. The third-order valence-electron chi connectivity index (χ3n) is 4.37. The second kappa shape index (κ2) is 9.03. The Kier molecular flexibility index (Phi) is 6.03. The second-order valence-corrected chi connectivity index (χ2v) is 8.00. The summed E-state index contributed by atoms with van der Waals surface area (Å²) in [4.78, 5) is 12.6. The number of hydrazone groups is 1. The zero-order chi connectivity index (χ0) is 20.1. The van der Waals surface area contributed by atoms with Crippen LogP contribution in [0.1, 0.15) is 20.8 Å². The van der Waals surface area contributed by atoms with Gasteiger partial charge >= 0.3 is 0 Å². The van der Waals surface area contributed by atoms with Crippen molar-refractivity contribution in [3.63, 3.8) is 0 Å². The van der Waals surface area contributed by atoms with Crippen LogP contribution in [0.25, 0.3) is 10.8 Å². The Morgan fingerprint density at radius 2 is 1.86 bits per heavy atom. The van der Waals surface area contributed by atoms with Gasteiger partial charge in [0.15, 0.2) is 0 Å². The number of fused-ring (bicyclic) bond motifs is 1. The summed E-state index contributed by atoms with van der Waals surface area (Å²) in [6.45, 7) is 0.454. The third kappa shape index (κ3) is 4.55. The Bertz CT molecular complexity index is 1170. The maximum Gasteiger partial charge on any atom is 0.281 e. The van der Waals surface area contributed by atoms with Crippen LogP contribution in [0.4, 0.5) is 0 Å². The van der Waals surface area contributed by atoms with E-state index in [0.717, 1.165) is 15.6 Å². The minimum absolute atomic E-state index is 0.226. The molecule has 0 aliphatic rings. The number of carbonyl (C=O) groups is 1. The molecule has 1 N–H and O–H groups in total. The fraction of sp³-hybridized carbons (Fsp3) is 0.0435. The van der Waals surface area contributed by atoms with Crippen LogP contribution in [-0.2, 0) is 6.61 Å². The van der Waals surface area contributed by atoms with Gasteiger partial charge in [0.1, 0.15) is 12.4 Å². The standard InChI is InChI=1S/C23H17BrN2O2S/c24-22-17(14-25-26-23(27)21-12-5-13-29-21)8-4-11-20(22)28-15-18-9-3-7-16-6-1-2-10-19(16)18/h1-14H,15H2,(H,26,27). The SMILES string of the molecule is O=C(NN=Cc1cccc(OCc2cccc3ccccc23)c1Br)c1cccs1. The first-order valence-corrected chi connectivity index (χ1v) is 10.6. The van der Waals surface area contributed by atoms with Gasteiger partial charge in [-0.2, -0.15) is 5.10 Å². The Morgan fingerprint density at radius 3 is 2.72 bits per heavy atom. The highest BCUT2D eigenvalue weighted by molar-refractivity contribution is 9.10. The van der Waals surface area contributed by atoms with E-state index in [4.69, 9.17) is 4.74 Å². The molecule has 4 rings (SSSR count). The van der Waals surface area contributed by atoms with E-state index in [1.165, 1.54) is 22.1 Å². The van der Waals surface area contributed by atoms with E-state index >= 15 is 0 Å². The number of hydrogen-bond donors (Lipinski definition) is 1. The van der Waals surface area contributed by atoms with E-state index in [1.807, 2.05) is 47.8 Å². The normalized spacial score (nSPS) is 11.1. The van der Waals surface area contributed by atoms with Crippen molar-refractivity contribution in [1.82, 2.24) is 5.43 Å². The van der Waals surface area contributed by atoms with Crippen LogP contribution >= 0.6 is 27.3 Å². The summed E-state index contributed by atoms with van der Waals surface area (Å²) in [5.41, 5.74) is 4.47. The summed E-state index contributed by atoms with van der Waals surface area (Å²) in [5, 5.41) is 8.28. The molecular formula is C23H17BrN2O2S. The molecule has 144 valence electrons. The number of rotatable bonds is 6. The highest BCUT2D eigenvalue weighted by atomic mass is 79.9. The maximum absolute atomic E-state index is 12.0. The van der Waals surface area contributed by atoms with Gasteiger partial charge in [-0.1, -0.05) is 60.7 Å². The molecule has 1 amide bonds. The molecule has 0 radical (unpaired) electrons. The first-order chi connectivity index (χ1) is 14.2. The molecular weight excluding hydrogens is 448 g/mol. The largest absolute Gasteiger partial charge is 0.488 e. The molecule has 0 unspecified atom stereocenters. The Hall–Kier alpha value is -2.96. The van der Waals surface area contributed by atoms with Crippen molar-refractivity contribution in [3.05, 3.63) is 98.7 Å². The highest BCUT2D eigenvalue weighted by Gasteiger charge is 2.08. The lowest BCUT2D eigenvalue weighted by Gasteiger charge is -2.11. The van der Waals surface area contributed by atoms with Crippen molar-refractivity contribution < 1.29 is 9.53 Å². The average Bonchev–Trinajstić information content (AvgIpc) is 3.29. The van der Waals surface area contributed by atoms with Gasteiger partial charge in [0.2, 0.25) is 0 Å². The van der Waals surface area contributed by atoms with Gasteiger partial charge in [0.25, 0.3) is 5.91 Å². The van der Waals surface area contributed by atoms with Gasteiger partial charge < -0.3 is 4.74 Å². The molecule has 1 aromatic heterocycles. The summed E-state index contributed by atoms with van der Waals surface area (Å²) in [6, 6.07) is 23.7. The molecule has 0 saturated carbocycles. The molecule has 0 spiro atoms. The number of hydrogen-bond acceptors (Lipinski definition) is 4. The lowest BCUT2D eigenvalue weighted by molar-refractivity contribution is 0.0959. The molecule has 0 fully saturated rings. The van der Waals surface area contributed by atoms with E-state index in [1.54, 1.807) is 12.3 Å². The first-order valence-electron chi connectivity index (χ1n) is 8.97. The van der Waals surface area contributed by atoms with Crippen LogP contribution in [0.5, 0.6) is 5.75 Å². The van der Waals surface area contributed by atoms with E-state index in [0.29, 0.717) is 17.2 Å². The van der Waals surface area contributed by atoms with Crippen molar-refractivity contribution >= 4 is 50.2 Å². The third-order valence-corrected chi connectivity index (χ3v) is 6.09. The van der Waals surface area contributed by atoms with Crippen molar-refractivity contribution in [2.24, 2.45) is 5.10 Å². The Morgan fingerprint density at radius 1 is 1.03 bits per heavy atom. The lowest BCUT2D eigenvalue weighted by Crippen LogP contribution is -2.16. The Balaban J connectivity index is 1.46. The summed E-state index contributed by atoms with van der Waals surface area (Å²) in [6.07, 6.45) is 1.60. The minimum Gasteiger partial charge on any atom is -0.488 e.